The fourth-order valence-electron chi connectivity index (χ4n) is 5.30. The van der Waals surface area contributed by atoms with Gasteiger partial charge in [0.05, 0.1) is 31.6 Å². The lowest BCUT2D eigenvalue weighted by molar-refractivity contribution is -0.143. The average Bonchev–Trinajstić information content (AvgIpc) is 3.21. The topological polar surface area (TPSA) is 497 Å². The maximum absolute atomic E-state index is 13.5. The minimum absolute atomic E-state index is 0.0257. The van der Waals surface area contributed by atoms with Gasteiger partial charge in [-0.1, -0.05) is 0 Å². The van der Waals surface area contributed by atoms with Gasteiger partial charge in [0.1, 0.15) is 48.3 Å². The van der Waals surface area contributed by atoms with E-state index in [2.05, 4.69) is 42.5 Å². The van der Waals surface area contributed by atoms with E-state index < -0.39 is 183 Å². The van der Waals surface area contributed by atoms with Gasteiger partial charge in [-0.15, -0.1) is 0 Å². The van der Waals surface area contributed by atoms with Crippen LogP contribution in [0.15, 0.2) is 0 Å². The van der Waals surface area contributed by atoms with E-state index >= 15 is 0 Å². The summed E-state index contributed by atoms with van der Waals surface area (Å²) >= 11 is 1.28. The number of carboxylic acids is 3. The number of thioether (sulfide) groups is 1. The number of rotatable bonds is 32. The molecule has 10 amide bonds. The summed E-state index contributed by atoms with van der Waals surface area (Å²) in [4.78, 5) is 163. The number of aliphatic hydroxyl groups is 2. The molecule has 0 spiro atoms. The van der Waals surface area contributed by atoms with Crippen LogP contribution in [-0.2, 0) is 62.3 Å². The molecule has 0 rings (SSSR count). The molecule has 0 aromatic heterocycles. The first-order valence-electron chi connectivity index (χ1n) is 19.8. The second-order valence-electron chi connectivity index (χ2n) is 14.6. The summed E-state index contributed by atoms with van der Waals surface area (Å²) in [5.74, 6) is -16.0. The number of primary amides is 2. The predicted octanol–water partition coefficient (Wildman–Crippen LogP) is -8.08. The van der Waals surface area contributed by atoms with Gasteiger partial charge < -0.3 is 85.3 Å². The van der Waals surface area contributed by atoms with Crippen LogP contribution in [0.2, 0.25) is 0 Å². The zero-order chi connectivity index (χ0) is 51.0. The van der Waals surface area contributed by atoms with Crippen LogP contribution in [0, 0.1) is 0 Å². The lowest BCUT2D eigenvalue weighted by Gasteiger charge is -2.27. The molecule has 0 unspecified atom stereocenters. The van der Waals surface area contributed by atoms with E-state index in [0.717, 1.165) is 13.8 Å². The predicted molar refractivity (Wildman–Crippen MR) is 226 cm³/mol. The van der Waals surface area contributed by atoms with Crippen molar-refractivity contribution in [1.29, 1.82) is 0 Å². The molecule has 0 bridgehead atoms. The third-order valence-electron chi connectivity index (χ3n) is 8.91. The van der Waals surface area contributed by atoms with E-state index in [0.29, 0.717) is 5.75 Å². The largest absolute Gasteiger partial charge is 0.481 e. The molecule has 0 aliphatic rings. The molecule has 0 fully saturated rings. The van der Waals surface area contributed by atoms with Crippen LogP contribution in [-0.4, -0.2) is 182 Å². The number of aliphatic hydroxyl groups excluding tert-OH is 2. The van der Waals surface area contributed by atoms with Crippen molar-refractivity contribution >= 4 is 88.7 Å². The summed E-state index contributed by atoms with van der Waals surface area (Å²) < 4.78 is 0. The number of nitrogens with two attached hydrogens (primary N) is 3. The molecule has 0 aromatic rings. The van der Waals surface area contributed by atoms with Crippen LogP contribution >= 0.6 is 11.8 Å². The van der Waals surface area contributed by atoms with Gasteiger partial charge in [0.2, 0.25) is 59.1 Å². The maximum Gasteiger partial charge on any atom is 0.326 e. The summed E-state index contributed by atoms with van der Waals surface area (Å²) in [7, 11) is 0. The van der Waals surface area contributed by atoms with Gasteiger partial charge in [-0.25, -0.2) is 4.79 Å². The Bertz CT molecular complexity index is 1800. The van der Waals surface area contributed by atoms with Crippen molar-refractivity contribution in [2.45, 2.75) is 126 Å². The molecule has 0 radical (unpaired) electrons. The van der Waals surface area contributed by atoms with Gasteiger partial charge in [-0.3, -0.25) is 57.5 Å². The first-order chi connectivity index (χ1) is 30.6. The minimum atomic E-state index is -1.96. The highest BCUT2D eigenvalue weighted by atomic mass is 32.2. The van der Waals surface area contributed by atoms with Crippen LogP contribution < -0.4 is 59.7 Å². The quantitative estimate of drug-likeness (QED) is 0.0298. The first-order valence-corrected chi connectivity index (χ1v) is 21.2. The lowest BCUT2D eigenvalue weighted by atomic mass is 10.1. The Labute approximate surface area is 380 Å². The number of amides is 10. The number of carbonyl (C=O) groups is 13. The summed E-state index contributed by atoms with van der Waals surface area (Å²) in [5, 5.41) is 64.9. The zero-order valence-corrected chi connectivity index (χ0v) is 37.1. The molecule has 0 aliphatic carbocycles. The normalized spacial score (nSPS) is 15.4. The van der Waals surface area contributed by atoms with Gasteiger partial charge in [-0.05, 0) is 52.0 Å². The summed E-state index contributed by atoms with van der Waals surface area (Å²) in [6.07, 6.45) is -4.78. The van der Waals surface area contributed by atoms with Crippen LogP contribution in [0.4, 0.5) is 0 Å². The standard InChI is InChI=1S/C36H59N11O18S/c1-14(37)28(56)46-22(13-48)34(62)45-21(12-24(39)51)33(61)42-17(5-7-25(52)53)30(58)44-20(11-23(38)50)32(60)40-15(2)29(57)41-18(6-8-26(54)55)31(59)47-27(16(3)49)35(63)43-19(36(64)65)9-10-66-4/h14-22,27,48-49H,5-13,37H2,1-4H3,(H2,38,50)(H2,39,51)(H,40,60)(H,41,57)(H,42,61)(H,43,63)(H,44,58)(H,45,62)(H,46,56)(H,47,59)(H,52,53)(H,54,55)(H,64,65)/t14-,15-,16+,17-,18-,19-,20-,21-,22-,27-/m0/s1. The number of hydrogen-bond donors (Lipinski definition) is 16. The smallest absolute Gasteiger partial charge is 0.326 e. The zero-order valence-electron chi connectivity index (χ0n) is 36.3. The number of nitrogens with one attached hydrogen (secondary N) is 8. The highest BCUT2D eigenvalue weighted by Crippen LogP contribution is 2.07. The van der Waals surface area contributed by atoms with Gasteiger partial charge in [0, 0.05) is 12.8 Å². The van der Waals surface area contributed by atoms with Gasteiger partial charge in [0.15, 0.2) is 0 Å². The Hall–Kier alpha value is -6.66. The number of hydrogen-bond acceptors (Lipinski definition) is 17. The molecule has 29 nitrogen and oxygen atoms in total. The fraction of sp³-hybridized carbons (Fsp3) is 0.639. The molecule has 0 aliphatic heterocycles. The number of carbonyl (C=O) groups excluding carboxylic acids is 10. The summed E-state index contributed by atoms with van der Waals surface area (Å²) in [6.45, 7) is 2.37. The molecule has 19 N–H and O–H groups in total. The number of carboxylic acid groups (broad SMARTS) is 3. The van der Waals surface area contributed by atoms with Crippen LogP contribution in [0.25, 0.3) is 0 Å². The van der Waals surface area contributed by atoms with E-state index in [-0.39, 0.29) is 6.42 Å². The van der Waals surface area contributed by atoms with E-state index in [1.807, 2.05) is 0 Å². The molecule has 66 heavy (non-hydrogen) atoms. The molecule has 0 saturated heterocycles. The maximum atomic E-state index is 13.5. The molecular formula is C36H59N11O18S. The average molecular weight is 966 g/mol. The number of aliphatic carboxylic acids is 3. The van der Waals surface area contributed by atoms with Gasteiger partial charge in [0.25, 0.3) is 0 Å². The second kappa shape index (κ2) is 29.7. The second-order valence-corrected chi connectivity index (χ2v) is 15.6. The fourth-order valence-corrected chi connectivity index (χ4v) is 5.77. The van der Waals surface area contributed by atoms with Crippen molar-refractivity contribution in [2.24, 2.45) is 17.2 Å². The molecule has 10 atom stereocenters. The monoisotopic (exact) mass is 965 g/mol. The van der Waals surface area contributed by atoms with Crippen LogP contribution in [0.5, 0.6) is 0 Å². The highest BCUT2D eigenvalue weighted by molar-refractivity contribution is 7.98. The van der Waals surface area contributed by atoms with Crippen molar-refractivity contribution in [3.8, 4) is 0 Å². The van der Waals surface area contributed by atoms with E-state index in [1.165, 1.54) is 18.7 Å². The van der Waals surface area contributed by atoms with Crippen LogP contribution in [0.3, 0.4) is 0 Å². The van der Waals surface area contributed by atoms with Crippen molar-refractivity contribution in [3.63, 3.8) is 0 Å². The lowest BCUT2D eigenvalue weighted by Crippen LogP contribution is -2.61. The van der Waals surface area contributed by atoms with Crippen molar-refractivity contribution in [2.75, 3.05) is 18.6 Å². The first kappa shape index (κ1) is 59.3. The van der Waals surface area contributed by atoms with Crippen molar-refractivity contribution in [3.05, 3.63) is 0 Å². The van der Waals surface area contributed by atoms with E-state index in [4.69, 9.17) is 17.2 Å². The Morgan fingerprint density at radius 3 is 1.27 bits per heavy atom. The molecular weight excluding hydrogens is 907 g/mol. The summed E-state index contributed by atoms with van der Waals surface area (Å²) in [5.41, 5.74) is 15.9. The Kier molecular flexibility index (Phi) is 26.7. The molecule has 0 aromatic carbocycles. The SMILES string of the molecule is CSCC[C@H](NC(=O)[C@@H](NC(=O)[C@H](CCC(=O)O)NC(=O)[C@H](C)NC(=O)[C@H](CC(N)=O)NC(=O)[C@H](CCC(=O)O)NC(=O)[C@H](CC(N)=O)NC(=O)[C@H](CO)NC(=O)[C@H](C)N)[C@@H](C)O)C(=O)O. The molecule has 0 saturated carbocycles. The minimum Gasteiger partial charge on any atom is -0.481 e. The van der Waals surface area contributed by atoms with E-state index in [9.17, 15) is 87.9 Å². The van der Waals surface area contributed by atoms with Crippen molar-refractivity contribution < 1.29 is 87.9 Å². The van der Waals surface area contributed by atoms with Gasteiger partial charge in [-0.2, -0.15) is 11.8 Å². The van der Waals surface area contributed by atoms with Crippen molar-refractivity contribution in [1.82, 2.24) is 42.5 Å². The molecule has 0 heterocycles. The summed E-state index contributed by atoms with van der Waals surface area (Å²) in [6, 6.07) is -15.3. The third-order valence-corrected chi connectivity index (χ3v) is 9.55. The highest BCUT2D eigenvalue weighted by Gasteiger charge is 2.36. The third kappa shape index (κ3) is 22.8. The molecule has 30 heteroatoms. The van der Waals surface area contributed by atoms with E-state index in [1.54, 1.807) is 6.26 Å². The Morgan fingerprint density at radius 1 is 0.500 bits per heavy atom. The molecule has 372 valence electrons. The Balaban J connectivity index is 6.35. The van der Waals surface area contributed by atoms with Crippen LogP contribution in [0.1, 0.15) is 65.7 Å². The Morgan fingerprint density at radius 2 is 0.879 bits per heavy atom. The van der Waals surface area contributed by atoms with Gasteiger partial charge >= 0.3 is 17.9 Å².